The van der Waals surface area contributed by atoms with Crippen molar-refractivity contribution in [2.45, 2.75) is 19.4 Å². The molecule has 0 fully saturated rings. The number of anilines is 1. The number of aryl methyl sites for hydroxylation is 1. The van der Waals surface area contributed by atoms with Crippen molar-refractivity contribution in [3.05, 3.63) is 64.7 Å². The molecule has 0 saturated heterocycles. The van der Waals surface area contributed by atoms with E-state index in [-0.39, 0.29) is 12.3 Å². The van der Waals surface area contributed by atoms with Crippen LogP contribution in [0.1, 0.15) is 23.7 Å². The van der Waals surface area contributed by atoms with E-state index in [9.17, 15) is 9.90 Å². The number of hydrogen-bond donors (Lipinski definition) is 2. The Hall–Kier alpha value is -1.84. The summed E-state index contributed by atoms with van der Waals surface area (Å²) in [5.74, 6) is -0.226. The maximum Gasteiger partial charge on any atom is 0.227 e. The first-order valence-electron chi connectivity index (χ1n) is 6.34. The summed E-state index contributed by atoms with van der Waals surface area (Å²) in [6, 6.07) is 14.3. The van der Waals surface area contributed by atoms with E-state index in [1.807, 2.05) is 31.2 Å². The maximum atomic E-state index is 11.9. The Bertz CT molecular complexity index is 578. The molecule has 2 N–H and O–H groups in total. The predicted molar refractivity (Wildman–Crippen MR) is 80.8 cm³/mol. The van der Waals surface area contributed by atoms with Crippen LogP contribution in [-0.4, -0.2) is 11.0 Å². The molecule has 0 saturated carbocycles. The van der Waals surface area contributed by atoms with E-state index < -0.39 is 6.10 Å². The van der Waals surface area contributed by atoms with Crippen molar-refractivity contribution in [2.24, 2.45) is 0 Å². The summed E-state index contributed by atoms with van der Waals surface area (Å²) in [6.07, 6.45) is -0.826. The van der Waals surface area contributed by atoms with Crippen molar-refractivity contribution in [3.63, 3.8) is 0 Å². The van der Waals surface area contributed by atoms with Gasteiger partial charge in [0.1, 0.15) is 0 Å². The van der Waals surface area contributed by atoms with Gasteiger partial charge in [-0.3, -0.25) is 4.79 Å². The molecule has 0 radical (unpaired) electrons. The minimum atomic E-state index is -0.835. The number of carbonyl (C=O) groups is 1. The molecule has 3 nitrogen and oxygen atoms in total. The van der Waals surface area contributed by atoms with E-state index in [0.717, 1.165) is 11.3 Å². The van der Waals surface area contributed by atoms with E-state index in [4.69, 9.17) is 11.6 Å². The molecule has 104 valence electrons. The number of hydrogen-bond acceptors (Lipinski definition) is 2. The Labute approximate surface area is 123 Å². The summed E-state index contributed by atoms with van der Waals surface area (Å²) in [5, 5.41) is 13.4. The minimum absolute atomic E-state index is 0.00943. The highest BCUT2D eigenvalue weighted by Crippen LogP contribution is 2.20. The van der Waals surface area contributed by atoms with Crippen LogP contribution in [0, 0.1) is 6.92 Å². The lowest BCUT2D eigenvalue weighted by molar-refractivity contribution is -0.118. The predicted octanol–water partition coefficient (Wildman–Crippen LogP) is 3.71. The van der Waals surface area contributed by atoms with Crippen molar-refractivity contribution >= 4 is 23.2 Å². The minimum Gasteiger partial charge on any atom is -0.388 e. The second-order valence-electron chi connectivity index (χ2n) is 4.69. The normalized spacial score (nSPS) is 11.9. The molecular weight excluding hydrogens is 274 g/mol. The van der Waals surface area contributed by atoms with E-state index in [1.165, 1.54) is 0 Å². The standard InChI is InChI=1S/C16H16ClNO2/c1-11-2-8-14(9-3-11)18-16(20)10-15(19)12-4-6-13(17)7-5-12/h2-9,15,19H,10H2,1H3,(H,18,20). The number of rotatable bonds is 4. The molecular formula is C16H16ClNO2. The van der Waals surface area contributed by atoms with Gasteiger partial charge in [-0.15, -0.1) is 0 Å². The lowest BCUT2D eigenvalue weighted by Gasteiger charge is -2.11. The fourth-order valence-electron chi connectivity index (χ4n) is 1.83. The molecule has 1 atom stereocenters. The molecule has 2 aromatic rings. The summed E-state index contributed by atoms with van der Waals surface area (Å²) in [4.78, 5) is 11.9. The van der Waals surface area contributed by atoms with Gasteiger partial charge < -0.3 is 10.4 Å². The van der Waals surface area contributed by atoms with Crippen molar-refractivity contribution in [2.75, 3.05) is 5.32 Å². The van der Waals surface area contributed by atoms with Crippen molar-refractivity contribution in [3.8, 4) is 0 Å². The van der Waals surface area contributed by atoms with Crippen LogP contribution in [0.3, 0.4) is 0 Å². The second kappa shape index (κ2) is 6.55. The molecule has 4 heteroatoms. The van der Waals surface area contributed by atoms with Crippen LogP contribution in [0.4, 0.5) is 5.69 Å². The number of carbonyl (C=O) groups excluding carboxylic acids is 1. The van der Waals surface area contributed by atoms with Crippen LogP contribution < -0.4 is 5.32 Å². The van der Waals surface area contributed by atoms with Crippen LogP contribution >= 0.6 is 11.6 Å². The van der Waals surface area contributed by atoms with E-state index in [0.29, 0.717) is 10.6 Å². The fraction of sp³-hybridized carbons (Fsp3) is 0.188. The molecule has 0 aliphatic carbocycles. The van der Waals surface area contributed by atoms with Crippen LogP contribution in [0.2, 0.25) is 5.02 Å². The molecule has 1 amide bonds. The lowest BCUT2D eigenvalue weighted by atomic mass is 10.1. The zero-order valence-corrected chi connectivity index (χ0v) is 11.9. The summed E-state index contributed by atoms with van der Waals surface area (Å²) in [7, 11) is 0. The summed E-state index contributed by atoms with van der Waals surface area (Å²) >= 11 is 5.78. The monoisotopic (exact) mass is 289 g/mol. The van der Waals surface area contributed by atoms with Crippen molar-refractivity contribution in [1.29, 1.82) is 0 Å². The highest BCUT2D eigenvalue weighted by molar-refractivity contribution is 6.30. The summed E-state index contributed by atoms with van der Waals surface area (Å²) in [5.41, 5.74) is 2.53. The first kappa shape index (κ1) is 14.6. The third-order valence-electron chi connectivity index (χ3n) is 2.97. The number of benzene rings is 2. The fourth-order valence-corrected chi connectivity index (χ4v) is 1.95. The Balaban J connectivity index is 1.93. The number of aliphatic hydroxyl groups excluding tert-OH is 1. The number of nitrogens with one attached hydrogen (secondary N) is 1. The molecule has 1 unspecified atom stereocenters. The molecule has 2 rings (SSSR count). The Morgan fingerprint density at radius 3 is 2.35 bits per heavy atom. The second-order valence-corrected chi connectivity index (χ2v) is 5.12. The molecule has 0 aliphatic heterocycles. The van der Waals surface area contributed by atoms with Gasteiger partial charge in [0.15, 0.2) is 0 Å². The SMILES string of the molecule is Cc1ccc(NC(=O)CC(O)c2ccc(Cl)cc2)cc1. The van der Waals surface area contributed by atoms with Gasteiger partial charge in [-0.2, -0.15) is 0 Å². The number of aliphatic hydroxyl groups is 1. The van der Waals surface area contributed by atoms with Gasteiger partial charge in [-0.25, -0.2) is 0 Å². The Morgan fingerprint density at radius 1 is 1.15 bits per heavy atom. The van der Waals surface area contributed by atoms with Crippen LogP contribution in [0.15, 0.2) is 48.5 Å². The topological polar surface area (TPSA) is 49.3 Å². The first-order valence-corrected chi connectivity index (χ1v) is 6.72. The van der Waals surface area contributed by atoms with E-state index in [2.05, 4.69) is 5.32 Å². The van der Waals surface area contributed by atoms with Crippen molar-refractivity contribution in [1.82, 2.24) is 0 Å². The third-order valence-corrected chi connectivity index (χ3v) is 3.22. The summed E-state index contributed by atoms with van der Waals surface area (Å²) < 4.78 is 0. The zero-order valence-electron chi connectivity index (χ0n) is 11.1. The molecule has 0 heterocycles. The lowest BCUT2D eigenvalue weighted by Crippen LogP contribution is -2.15. The van der Waals surface area contributed by atoms with E-state index in [1.54, 1.807) is 24.3 Å². The number of halogens is 1. The van der Waals surface area contributed by atoms with Crippen LogP contribution in [-0.2, 0) is 4.79 Å². The van der Waals surface area contributed by atoms with Gasteiger partial charge in [-0.1, -0.05) is 41.4 Å². The smallest absolute Gasteiger partial charge is 0.227 e. The van der Waals surface area contributed by atoms with Gasteiger partial charge in [0.05, 0.1) is 12.5 Å². The van der Waals surface area contributed by atoms with Gasteiger partial charge in [0.2, 0.25) is 5.91 Å². The number of amides is 1. The average Bonchev–Trinajstić information content (AvgIpc) is 2.42. The molecule has 20 heavy (non-hydrogen) atoms. The maximum absolute atomic E-state index is 11.9. The zero-order chi connectivity index (χ0) is 14.5. The van der Waals surface area contributed by atoms with Gasteiger partial charge >= 0.3 is 0 Å². The average molecular weight is 290 g/mol. The molecule has 0 aromatic heterocycles. The van der Waals surface area contributed by atoms with E-state index >= 15 is 0 Å². The highest BCUT2D eigenvalue weighted by atomic mass is 35.5. The van der Waals surface area contributed by atoms with Crippen LogP contribution in [0.5, 0.6) is 0 Å². The first-order chi connectivity index (χ1) is 9.54. The van der Waals surface area contributed by atoms with Gasteiger partial charge in [0, 0.05) is 10.7 Å². The third kappa shape index (κ3) is 4.08. The van der Waals surface area contributed by atoms with Crippen molar-refractivity contribution < 1.29 is 9.90 Å². The quantitative estimate of drug-likeness (QED) is 0.901. The Kier molecular flexibility index (Phi) is 4.77. The Morgan fingerprint density at radius 2 is 1.75 bits per heavy atom. The van der Waals surface area contributed by atoms with Gasteiger partial charge in [0.25, 0.3) is 0 Å². The molecule has 0 aliphatic rings. The van der Waals surface area contributed by atoms with Gasteiger partial charge in [-0.05, 0) is 36.8 Å². The molecule has 0 spiro atoms. The highest BCUT2D eigenvalue weighted by Gasteiger charge is 2.13. The summed E-state index contributed by atoms with van der Waals surface area (Å²) in [6.45, 7) is 1.98. The molecule has 2 aromatic carbocycles. The van der Waals surface area contributed by atoms with Crippen LogP contribution in [0.25, 0.3) is 0 Å². The largest absolute Gasteiger partial charge is 0.388 e. The molecule has 0 bridgehead atoms.